The van der Waals surface area contributed by atoms with E-state index in [1.54, 1.807) is 24.4 Å². The fourth-order valence-corrected chi connectivity index (χ4v) is 3.64. The second kappa shape index (κ2) is 5.95. The zero-order valence-electron chi connectivity index (χ0n) is 12.3. The van der Waals surface area contributed by atoms with Gasteiger partial charge in [0, 0.05) is 18.3 Å². The van der Waals surface area contributed by atoms with Gasteiger partial charge in [-0.3, -0.25) is 0 Å². The minimum atomic E-state index is -4.74. The van der Waals surface area contributed by atoms with Gasteiger partial charge in [-0.25, -0.2) is 13.1 Å². The monoisotopic (exact) mass is 354 g/mol. The van der Waals surface area contributed by atoms with E-state index in [9.17, 15) is 21.6 Å². The van der Waals surface area contributed by atoms with Crippen LogP contribution in [0.5, 0.6) is 0 Å². The maximum Gasteiger partial charge on any atom is 0.417 e. The smallest absolute Gasteiger partial charge is 0.361 e. The number of H-pyrrole nitrogens is 1. The molecular weight excluding hydrogens is 341 g/mol. The maximum absolute atomic E-state index is 13.0. The molecule has 0 bridgehead atoms. The highest BCUT2D eigenvalue weighted by molar-refractivity contribution is 7.89. The Kier molecular flexibility index (Phi) is 4.10. The van der Waals surface area contributed by atoms with Crippen molar-refractivity contribution in [3.8, 4) is 0 Å². The number of rotatable bonds is 4. The summed E-state index contributed by atoms with van der Waals surface area (Å²) in [7, 11) is -4.29. The average molecular weight is 354 g/mol. The molecule has 0 fully saturated rings. The second-order valence-corrected chi connectivity index (χ2v) is 6.95. The molecule has 24 heavy (non-hydrogen) atoms. The van der Waals surface area contributed by atoms with Crippen LogP contribution >= 0.6 is 0 Å². The van der Waals surface area contributed by atoms with Gasteiger partial charge in [0.2, 0.25) is 10.0 Å². The topological polar surface area (TPSA) is 62.0 Å². The van der Waals surface area contributed by atoms with Crippen LogP contribution in [-0.2, 0) is 22.7 Å². The molecule has 3 rings (SSSR count). The molecule has 0 saturated heterocycles. The quantitative estimate of drug-likeness (QED) is 0.751. The number of hydrogen-bond donors (Lipinski definition) is 2. The molecule has 8 heteroatoms. The van der Waals surface area contributed by atoms with Crippen molar-refractivity contribution in [1.82, 2.24) is 9.71 Å². The molecule has 2 N–H and O–H groups in total. The highest BCUT2D eigenvalue weighted by Crippen LogP contribution is 2.33. The van der Waals surface area contributed by atoms with Crippen LogP contribution in [0.25, 0.3) is 10.9 Å². The Morgan fingerprint density at radius 3 is 2.54 bits per heavy atom. The molecule has 3 aromatic rings. The van der Waals surface area contributed by atoms with E-state index in [1.165, 1.54) is 6.07 Å². The predicted molar refractivity (Wildman–Crippen MR) is 83.8 cm³/mol. The van der Waals surface area contributed by atoms with Gasteiger partial charge in [0.1, 0.15) is 0 Å². The molecule has 0 aliphatic carbocycles. The number of aromatic nitrogens is 1. The van der Waals surface area contributed by atoms with Crippen molar-refractivity contribution in [2.75, 3.05) is 0 Å². The van der Waals surface area contributed by atoms with E-state index in [0.717, 1.165) is 29.1 Å². The number of halogens is 3. The second-order valence-electron chi connectivity index (χ2n) is 5.22. The van der Waals surface area contributed by atoms with Crippen LogP contribution < -0.4 is 4.72 Å². The van der Waals surface area contributed by atoms with E-state index in [1.807, 2.05) is 6.07 Å². The molecule has 126 valence electrons. The maximum atomic E-state index is 13.0. The molecular formula is C16H13F3N2O2S. The number of nitrogens with one attached hydrogen (secondary N) is 2. The van der Waals surface area contributed by atoms with Crippen molar-refractivity contribution in [3.05, 3.63) is 65.9 Å². The van der Waals surface area contributed by atoms with Crippen LogP contribution in [0, 0.1) is 0 Å². The molecule has 0 saturated carbocycles. The molecule has 1 heterocycles. The third-order valence-corrected chi connectivity index (χ3v) is 5.03. The molecule has 0 unspecified atom stereocenters. The van der Waals surface area contributed by atoms with Gasteiger partial charge in [-0.2, -0.15) is 13.2 Å². The molecule has 1 aromatic heterocycles. The lowest BCUT2D eigenvalue weighted by atomic mass is 10.2. The summed E-state index contributed by atoms with van der Waals surface area (Å²) in [6.45, 7) is -0.108. The number of sulfonamides is 1. The van der Waals surface area contributed by atoms with Crippen LogP contribution in [0.3, 0.4) is 0 Å². The van der Waals surface area contributed by atoms with E-state index in [0.29, 0.717) is 5.56 Å². The fraction of sp³-hybridized carbons (Fsp3) is 0.125. The Bertz CT molecular complexity index is 978. The lowest BCUT2D eigenvalue weighted by Gasteiger charge is -2.13. The van der Waals surface area contributed by atoms with Gasteiger partial charge in [-0.05, 0) is 35.2 Å². The third-order valence-electron chi connectivity index (χ3n) is 3.57. The molecule has 0 aliphatic heterocycles. The summed E-state index contributed by atoms with van der Waals surface area (Å²) in [5, 5.41) is 0.962. The van der Waals surface area contributed by atoms with Crippen LogP contribution in [0.15, 0.2) is 59.6 Å². The molecule has 0 amide bonds. The first-order chi connectivity index (χ1) is 11.3. The lowest BCUT2D eigenvalue weighted by molar-refractivity contribution is -0.139. The fourth-order valence-electron chi connectivity index (χ4n) is 2.40. The Balaban J connectivity index is 1.86. The van der Waals surface area contributed by atoms with Gasteiger partial charge in [-0.15, -0.1) is 0 Å². The van der Waals surface area contributed by atoms with Crippen molar-refractivity contribution < 1.29 is 21.6 Å². The number of alkyl halides is 3. The standard InChI is InChI=1S/C16H13F3N2O2S/c17-16(18,19)13-3-1-2-4-15(13)24(22,23)21-10-11-5-6-12-7-8-20-14(12)9-11/h1-9,20-21H,10H2. The summed E-state index contributed by atoms with van der Waals surface area (Å²) in [6.07, 6.45) is -2.99. The molecule has 2 aromatic carbocycles. The molecule has 4 nitrogen and oxygen atoms in total. The minimum Gasteiger partial charge on any atom is -0.361 e. The van der Waals surface area contributed by atoms with Crippen molar-refractivity contribution >= 4 is 20.9 Å². The minimum absolute atomic E-state index is 0.108. The van der Waals surface area contributed by atoms with E-state index in [-0.39, 0.29) is 6.54 Å². The predicted octanol–water partition coefficient (Wildman–Crippen LogP) is 3.67. The van der Waals surface area contributed by atoms with Crippen LogP contribution in [0.2, 0.25) is 0 Å². The van der Waals surface area contributed by atoms with E-state index < -0.39 is 26.7 Å². The first kappa shape index (κ1) is 16.5. The van der Waals surface area contributed by atoms with Crippen molar-refractivity contribution in [2.45, 2.75) is 17.6 Å². The van der Waals surface area contributed by atoms with E-state index in [4.69, 9.17) is 0 Å². The van der Waals surface area contributed by atoms with Crippen molar-refractivity contribution in [2.24, 2.45) is 0 Å². The highest BCUT2D eigenvalue weighted by Gasteiger charge is 2.36. The summed E-state index contributed by atoms with van der Waals surface area (Å²) < 4.78 is 65.7. The SMILES string of the molecule is O=S(=O)(NCc1ccc2cc[nH]c2c1)c1ccccc1C(F)(F)F. The summed E-state index contributed by atoms with van der Waals surface area (Å²) in [5.41, 5.74) is 0.276. The van der Waals surface area contributed by atoms with Crippen LogP contribution in [0.1, 0.15) is 11.1 Å². The number of fused-ring (bicyclic) bond motifs is 1. The number of aromatic amines is 1. The number of hydrogen-bond acceptors (Lipinski definition) is 2. The lowest BCUT2D eigenvalue weighted by Crippen LogP contribution is -2.26. The Morgan fingerprint density at radius 1 is 1.04 bits per heavy atom. The number of benzene rings is 2. The average Bonchev–Trinajstić information content (AvgIpc) is 3.00. The van der Waals surface area contributed by atoms with Gasteiger partial charge in [0.15, 0.2) is 0 Å². The van der Waals surface area contributed by atoms with Crippen LogP contribution in [-0.4, -0.2) is 13.4 Å². The van der Waals surface area contributed by atoms with Crippen molar-refractivity contribution in [3.63, 3.8) is 0 Å². The van der Waals surface area contributed by atoms with E-state index in [2.05, 4.69) is 9.71 Å². The first-order valence-corrected chi connectivity index (χ1v) is 8.47. The Labute approximate surface area is 136 Å². The highest BCUT2D eigenvalue weighted by atomic mass is 32.2. The molecule has 0 radical (unpaired) electrons. The zero-order valence-corrected chi connectivity index (χ0v) is 13.1. The molecule has 0 spiro atoms. The summed E-state index contributed by atoms with van der Waals surface area (Å²) in [5.74, 6) is 0. The van der Waals surface area contributed by atoms with Gasteiger partial charge >= 0.3 is 6.18 Å². The van der Waals surface area contributed by atoms with Gasteiger partial charge in [0.25, 0.3) is 0 Å². The first-order valence-electron chi connectivity index (χ1n) is 6.99. The van der Waals surface area contributed by atoms with Gasteiger partial charge in [0.05, 0.1) is 10.5 Å². The Morgan fingerprint density at radius 2 is 1.79 bits per heavy atom. The van der Waals surface area contributed by atoms with Crippen molar-refractivity contribution in [1.29, 1.82) is 0 Å². The summed E-state index contributed by atoms with van der Waals surface area (Å²) >= 11 is 0. The summed E-state index contributed by atoms with van der Waals surface area (Å²) in [4.78, 5) is 2.21. The third kappa shape index (κ3) is 3.29. The van der Waals surface area contributed by atoms with Gasteiger partial charge < -0.3 is 4.98 Å². The molecule has 0 atom stereocenters. The van der Waals surface area contributed by atoms with Crippen LogP contribution in [0.4, 0.5) is 13.2 Å². The molecule has 0 aliphatic rings. The zero-order chi connectivity index (χ0) is 17.4. The Hall–Kier alpha value is -2.32. The van der Waals surface area contributed by atoms with Gasteiger partial charge in [-0.1, -0.05) is 24.3 Å². The largest absolute Gasteiger partial charge is 0.417 e. The normalized spacial score (nSPS) is 12.6. The van der Waals surface area contributed by atoms with E-state index >= 15 is 0 Å². The summed E-state index contributed by atoms with van der Waals surface area (Å²) in [6, 6.07) is 11.2.